The van der Waals surface area contributed by atoms with E-state index in [0.717, 1.165) is 17.7 Å². The molecule has 0 saturated carbocycles. The van der Waals surface area contributed by atoms with Crippen molar-refractivity contribution in [2.75, 3.05) is 20.3 Å². The number of methoxy groups -OCH3 is 1. The van der Waals surface area contributed by atoms with Crippen molar-refractivity contribution in [3.8, 4) is 5.75 Å². The van der Waals surface area contributed by atoms with E-state index >= 15 is 0 Å². The topological polar surface area (TPSA) is 47.6 Å². The van der Waals surface area contributed by atoms with Gasteiger partial charge >= 0.3 is 0 Å². The SMILES string of the molecule is COc1ccc(/C=C/C(=O)NCCCOC(C)C)cc1. The fraction of sp³-hybridized carbons (Fsp3) is 0.438. The summed E-state index contributed by atoms with van der Waals surface area (Å²) in [6, 6.07) is 7.53. The molecule has 20 heavy (non-hydrogen) atoms. The number of nitrogens with one attached hydrogen (secondary N) is 1. The zero-order valence-electron chi connectivity index (χ0n) is 12.4. The molecule has 0 spiro atoms. The normalized spacial score (nSPS) is 11.0. The van der Waals surface area contributed by atoms with Crippen LogP contribution < -0.4 is 10.1 Å². The van der Waals surface area contributed by atoms with Crippen LogP contribution in [-0.4, -0.2) is 32.3 Å². The van der Waals surface area contributed by atoms with E-state index in [1.807, 2.05) is 38.1 Å². The van der Waals surface area contributed by atoms with Crippen LogP contribution in [0.2, 0.25) is 0 Å². The van der Waals surface area contributed by atoms with Gasteiger partial charge in [-0.3, -0.25) is 4.79 Å². The second-order valence-electron chi connectivity index (χ2n) is 4.67. The maximum Gasteiger partial charge on any atom is 0.244 e. The molecule has 1 rings (SSSR count). The minimum Gasteiger partial charge on any atom is -0.497 e. The van der Waals surface area contributed by atoms with Gasteiger partial charge < -0.3 is 14.8 Å². The summed E-state index contributed by atoms with van der Waals surface area (Å²) in [5.74, 6) is 0.710. The van der Waals surface area contributed by atoms with Crippen molar-refractivity contribution in [3.05, 3.63) is 35.9 Å². The molecular weight excluding hydrogens is 254 g/mol. The standard InChI is InChI=1S/C16H23NO3/c1-13(2)20-12-4-11-17-16(18)10-7-14-5-8-15(19-3)9-6-14/h5-10,13H,4,11-12H2,1-3H3,(H,17,18)/b10-7+. The molecule has 0 aliphatic carbocycles. The number of hydrogen-bond acceptors (Lipinski definition) is 3. The Balaban J connectivity index is 2.25. The Hall–Kier alpha value is -1.81. The van der Waals surface area contributed by atoms with Gasteiger partial charge in [0.05, 0.1) is 13.2 Å². The van der Waals surface area contributed by atoms with Crippen molar-refractivity contribution >= 4 is 12.0 Å². The molecule has 0 bridgehead atoms. The van der Waals surface area contributed by atoms with E-state index in [0.29, 0.717) is 13.2 Å². The van der Waals surface area contributed by atoms with E-state index in [-0.39, 0.29) is 12.0 Å². The molecule has 0 unspecified atom stereocenters. The molecule has 110 valence electrons. The molecule has 4 nitrogen and oxygen atoms in total. The first kappa shape index (κ1) is 16.2. The highest BCUT2D eigenvalue weighted by Crippen LogP contribution is 2.12. The molecule has 0 radical (unpaired) electrons. The van der Waals surface area contributed by atoms with E-state index in [2.05, 4.69) is 5.32 Å². The van der Waals surface area contributed by atoms with Crippen LogP contribution >= 0.6 is 0 Å². The smallest absolute Gasteiger partial charge is 0.244 e. The van der Waals surface area contributed by atoms with E-state index in [1.165, 1.54) is 6.08 Å². The van der Waals surface area contributed by atoms with Crippen molar-refractivity contribution < 1.29 is 14.3 Å². The van der Waals surface area contributed by atoms with Crippen LogP contribution in [0.1, 0.15) is 25.8 Å². The number of hydrogen-bond donors (Lipinski definition) is 1. The van der Waals surface area contributed by atoms with Crippen LogP contribution in [-0.2, 0) is 9.53 Å². The summed E-state index contributed by atoms with van der Waals surface area (Å²) in [7, 11) is 1.63. The zero-order valence-corrected chi connectivity index (χ0v) is 12.4. The molecule has 0 atom stereocenters. The van der Waals surface area contributed by atoms with Gasteiger partial charge in [-0.2, -0.15) is 0 Å². The van der Waals surface area contributed by atoms with E-state index < -0.39 is 0 Å². The van der Waals surface area contributed by atoms with Crippen molar-refractivity contribution in [1.29, 1.82) is 0 Å². The maximum absolute atomic E-state index is 11.6. The molecule has 0 saturated heterocycles. The van der Waals surface area contributed by atoms with E-state index in [9.17, 15) is 4.79 Å². The minimum absolute atomic E-state index is 0.0923. The average molecular weight is 277 g/mol. The Morgan fingerprint density at radius 2 is 2.00 bits per heavy atom. The number of benzene rings is 1. The highest BCUT2D eigenvalue weighted by atomic mass is 16.5. The lowest BCUT2D eigenvalue weighted by molar-refractivity contribution is -0.116. The second-order valence-corrected chi connectivity index (χ2v) is 4.67. The van der Waals surface area contributed by atoms with Gasteiger partial charge in [0, 0.05) is 19.2 Å². The highest BCUT2D eigenvalue weighted by molar-refractivity contribution is 5.91. The van der Waals surface area contributed by atoms with Crippen LogP contribution in [0.15, 0.2) is 30.3 Å². The quantitative estimate of drug-likeness (QED) is 0.587. The fourth-order valence-corrected chi connectivity index (χ4v) is 1.55. The summed E-state index contributed by atoms with van der Waals surface area (Å²) >= 11 is 0. The minimum atomic E-state index is -0.0923. The maximum atomic E-state index is 11.6. The molecule has 1 amide bonds. The van der Waals surface area contributed by atoms with Gasteiger partial charge in [-0.1, -0.05) is 12.1 Å². The van der Waals surface area contributed by atoms with Gasteiger partial charge in [-0.25, -0.2) is 0 Å². The number of amides is 1. The third kappa shape index (κ3) is 6.95. The monoisotopic (exact) mass is 277 g/mol. The van der Waals surface area contributed by atoms with Crippen LogP contribution in [0.4, 0.5) is 0 Å². The van der Waals surface area contributed by atoms with Gasteiger partial charge in [0.25, 0.3) is 0 Å². The van der Waals surface area contributed by atoms with E-state index in [4.69, 9.17) is 9.47 Å². The van der Waals surface area contributed by atoms with Crippen LogP contribution in [0.3, 0.4) is 0 Å². The number of carbonyl (C=O) groups is 1. The van der Waals surface area contributed by atoms with Gasteiger partial charge in [-0.05, 0) is 44.0 Å². The molecular formula is C16H23NO3. The first-order valence-electron chi connectivity index (χ1n) is 6.83. The third-order valence-corrected chi connectivity index (χ3v) is 2.61. The van der Waals surface area contributed by atoms with E-state index in [1.54, 1.807) is 13.2 Å². The second kappa shape index (κ2) is 9.15. The molecule has 1 aromatic rings. The lowest BCUT2D eigenvalue weighted by Gasteiger charge is -2.07. The number of rotatable bonds is 8. The molecule has 4 heteroatoms. The number of carbonyl (C=O) groups excluding carboxylic acids is 1. The summed E-state index contributed by atoms with van der Waals surface area (Å²) in [5, 5.41) is 2.82. The Labute approximate surface area is 120 Å². The zero-order chi connectivity index (χ0) is 14.8. The molecule has 0 aromatic heterocycles. The summed E-state index contributed by atoms with van der Waals surface area (Å²) in [5.41, 5.74) is 0.962. The Morgan fingerprint density at radius 1 is 1.30 bits per heavy atom. The Kier molecular flexibility index (Phi) is 7.43. The fourth-order valence-electron chi connectivity index (χ4n) is 1.55. The largest absolute Gasteiger partial charge is 0.497 e. The predicted molar refractivity (Wildman–Crippen MR) is 80.7 cm³/mol. The summed E-state index contributed by atoms with van der Waals surface area (Å²) in [6.07, 6.45) is 4.37. The summed E-state index contributed by atoms with van der Waals surface area (Å²) < 4.78 is 10.5. The van der Waals surface area contributed by atoms with Crippen LogP contribution in [0.25, 0.3) is 6.08 Å². The molecule has 0 fully saturated rings. The number of ether oxygens (including phenoxy) is 2. The first-order chi connectivity index (χ1) is 9.61. The highest BCUT2D eigenvalue weighted by Gasteiger charge is 1.97. The summed E-state index contributed by atoms with van der Waals surface area (Å²) in [6.45, 7) is 5.28. The van der Waals surface area contributed by atoms with Gasteiger partial charge in [-0.15, -0.1) is 0 Å². The van der Waals surface area contributed by atoms with Gasteiger partial charge in [0.15, 0.2) is 0 Å². The average Bonchev–Trinajstić information content (AvgIpc) is 2.45. The Bertz CT molecular complexity index is 424. The first-order valence-corrected chi connectivity index (χ1v) is 6.83. The lowest BCUT2D eigenvalue weighted by Crippen LogP contribution is -2.23. The molecule has 0 heterocycles. The van der Waals surface area contributed by atoms with Crippen molar-refractivity contribution in [2.24, 2.45) is 0 Å². The van der Waals surface area contributed by atoms with Gasteiger partial charge in [0.1, 0.15) is 5.75 Å². The summed E-state index contributed by atoms with van der Waals surface area (Å²) in [4.78, 5) is 11.6. The molecule has 0 aliphatic rings. The van der Waals surface area contributed by atoms with Crippen molar-refractivity contribution in [2.45, 2.75) is 26.4 Å². The molecule has 1 N–H and O–H groups in total. The van der Waals surface area contributed by atoms with Crippen molar-refractivity contribution in [1.82, 2.24) is 5.32 Å². The third-order valence-electron chi connectivity index (χ3n) is 2.61. The van der Waals surface area contributed by atoms with Crippen molar-refractivity contribution in [3.63, 3.8) is 0 Å². The molecule has 0 aliphatic heterocycles. The predicted octanol–water partition coefficient (Wildman–Crippen LogP) is 2.64. The Morgan fingerprint density at radius 3 is 2.60 bits per heavy atom. The lowest BCUT2D eigenvalue weighted by atomic mass is 10.2. The van der Waals surface area contributed by atoms with Crippen LogP contribution in [0, 0.1) is 0 Å². The van der Waals surface area contributed by atoms with Crippen LogP contribution in [0.5, 0.6) is 5.75 Å². The molecule has 1 aromatic carbocycles. The van der Waals surface area contributed by atoms with Gasteiger partial charge in [0.2, 0.25) is 5.91 Å².